The monoisotopic (exact) mass is 362 g/mol. The Bertz CT molecular complexity index is 746. The molecule has 8 heteroatoms. The Kier molecular flexibility index (Phi) is 5.23. The summed E-state index contributed by atoms with van der Waals surface area (Å²) in [5.41, 5.74) is 0.479. The van der Waals surface area contributed by atoms with Gasteiger partial charge in [-0.25, -0.2) is 0 Å². The Morgan fingerprint density at radius 3 is 2.40 bits per heavy atom. The fourth-order valence-corrected chi connectivity index (χ4v) is 2.92. The summed E-state index contributed by atoms with van der Waals surface area (Å²) >= 11 is 6.02. The molecule has 0 aliphatic carbocycles. The number of benzene rings is 1. The van der Waals surface area contributed by atoms with Crippen LogP contribution in [0.5, 0.6) is 11.6 Å². The lowest BCUT2D eigenvalue weighted by Gasteiger charge is -2.35. The molecule has 0 unspecified atom stereocenters. The van der Waals surface area contributed by atoms with Crippen LogP contribution in [0.4, 0.5) is 5.82 Å². The quantitative estimate of drug-likeness (QED) is 0.829. The zero-order valence-electron chi connectivity index (χ0n) is 14.1. The number of hydrogen-bond donors (Lipinski definition) is 0. The van der Waals surface area contributed by atoms with Gasteiger partial charge < -0.3 is 19.3 Å². The van der Waals surface area contributed by atoms with E-state index in [1.807, 2.05) is 6.07 Å². The number of nitrogens with zero attached hydrogens (tertiary/aromatic N) is 4. The minimum atomic E-state index is -0.0835. The van der Waals surface area contributed by atoms with Crippen molar-refractivity contribution in [3.8, 4) is 11.6 Å². The lowest BCUT2D eigenvalue weighted by Crippen LogP contribution is -2.49. The number of carbonyl (C=O) groups excluding carboxylic acids is 1. The van der Waals surface area contributed by atoms with Gasteiger partial charge in [0.1, 0.15) is 5.75 Å². The maximum Gasteiger partial charge on any atom is 0.257 e. The van der Waals surface area contributed by atoms with E-state index >= 15 is 0 Å². The largest absolute Gasteiger partial charge is 0.496 e. The van der Waals surface area contributed by atoms with Crippen molar-refractivity contribution in [3.05, 3.63) is 40.9 Å². The van der Waals surface area contributed by atoms with E-state index in [-0.39, 0.29) is 5.91 Å². The van der Waals surface area contributed by atoms with Crippen LogP contribution < -0.4 is 14.4 Å². The van der Waals surface area contributed by atoms with E-state index in [2.05, 4.69) is 15.1 Å². The zero-order chi connectivity index (χ0) is 17.8. The average molecular weight is 363 g/mol. The summed E-state index contributed by atoms with van der Waals surface area (Å²) in [7, 11) is 3.10. The van der Waals surface area contributed by atoms with Crippen LogP contribution in [-0.2, 0) is 0 Å². The number of methoxy groups -OCH3 is 2. The number of amides is 1. The maximum absolute atomic E-state index is 12.8. The van der Waals surface area contributed by atoms with Gasteiger partial charge in [0.05, 0.1) is 19.8 Å². The number of piperazine rings is 1. The summed E-state index contributed by atoms with van der Waals surface area (Å²) in [6.45, 7) is 2.52. The molecule has 1 aliphatic heterocycles. The van der Waals surface area contributed by atoms with Gasteiger partial charge in [0, 0.05) is 37.3 Å². The second-order valence-electron chi connectivity index (χ2n) is 5.56. The maximum atomic E-state index is 12.8. The molecule has 0 saturated carbocycles. The van der Waals surface area contributed by atoms with Gasteiger partial charge in [-0.05, 0) is 24.3 Å². The van der Waals surface area contributed by atoms with Gasteiger partial charge in [0.25, 0.3) is 5.91 Å². The van der Waals surface area contributed by atoms with Crippen LogP contribution in [0, 0.1) is 0 Å². The summed E-state index contributed by atoms with van der Waals surface area (Å²) < 4.78 is 10.3. The highest BCUT2D eigenvalue weighted by Crippen LogP contribution is 2.25. The fourth-order valence-electron chi connectivity index (χ4n) is 2.75. The minimum Gasteiger partial charge on any atom is -0.496 e. The van der Waals surface area contributed by atoms with Crippen LogP contribution in [0.3, 0.4) is 0 Å². The third kappa shape index (κ3) is 3.76. The molecule has 0 atom stereocenters. The van der Waals surface area contributed by atoms with Crippen molar-refractivity contribution < 1.29 is 14.3 Å². The first-order chi connectivity index (χ1) is 12.1. The molecule has 0 radical (unpaired) electrons. The van der Waals surface area contributed by atoms with Crippen molar-refractivity contribution >= 4 is 23.3 Å². The molecule has 7 nitrogen and oxygen atoms in total. The Morgan fingerprint density at radius 2 is 1.80 bits per heavy atom. The zero-order valence-corrected chi connectivity index (χ0v) is 14.9. The molecule has 1 fully saturated rings. The van der Waals surface area contributed by atoms with Crippen LogP contribution in [0.25, 0.3) is 0 Å². The molecule has 132 valence electrons. The lowest BCUT2D eigenvalue weighted by molar-refractivity contribution is 0.0743. The normalized spacial score (nSPS) is 14.4. The molecular weight excluding hydrogens is 344 g/mol. The van der Waals surface area contributed by atoms with E-state index in [1.54, 1.807) is 43.4 Å². The van der Waals surface area contributed by atoms with Crippen molar-refractivity contribution in [2.45, 2.75) is 0 Å². The Balaban J connectivity index is 1.67. The van der Waals surface area contributed by atoms with Crippen LogP contribution in [0.2, 0.25) is 5.02 Å². The van der Waals surface area contributed by atoms with E-state index in [4.69, 9.17) is 21.1 Å². The Morgan fingerprint density at radius 1 is 1.04 bits per heavy atom. The van der Waals surface area contributed by atoms with E-state index in [9.17, 15) is 4.79 Å². The molecule has 1 amide bonds. The van der Waals surface area contributed by atoms with Gasteiger partial charge in [-0.1, -0.05) is 11.6 Å². The van der Waals surface area contributed by atoms with Gasteiger partial charge in [-0.2, -0.15) is 0 Å². The molecule has 25 heavy (non-hydrogen) atoms. The van der Waals surface area contributed by atoms with Gasteiger partial charge >= 0.3 is 0 Å². The van der Waals surface area contributed by atoms with Crippen molar-refractivity contribution in [2.24, 2.45) is 0 Å². The number of aromatic nitrogens is 2. The second-order valence-corrected chi connectivity index (χ2v) is 5.99. The third-order valence-corrected chi connectivity index (χ3v) is 4.35. The van der Waals surface area contributed by atoms with Crippen molar-refractivity contribution in [3.63, 3.8) is 0 Å². The summed E-state index contributed by atoms with van der Waals surface area (Å²) in [5.74, 6) is 1.69. The van der Waals surface area contributed by atoms with Gasteiger partial charge in [0.2, 0.25) is 5.88 Å². The summed E-state index contributed by atoms with van der Waals surface area (Å²) in [6.07, 6.45) is 0. The van der Waals surface area contributed by atoms with Crippen LogP contribution in [0.15, 0.2) is 30.3 Å². The molecule has 0 bridgehead atoms. The van der Waals surface area contributed by atoms with Crippen molar-refractivity contribution in [2.75, 3.05) is 45.3 Å². The number of rotatable bonds is 4. The van der Waals surface area contributed by atoms with E-state index in [1.165, 1.54) is 0 Å². The van der Waals surface area contributed by atoms with Gasteiger partial charge in [-0.3, -0.25) is 4.79 Å². The molecule has 3 rings (SSSR count). The smallest absolute Gasteiger partial charge is 0.257 e. The fraction of sp³-hybridized carbons (Fsp3) is 0.353. The Hall–Kier alpha value is -2.54. The molecule has 1 aromatic heterocycles. The topological polar surface area (TPSA) is 67.8 Å². The van der Waals surface area contributed by atoms with Crippen molar-refractivity contribution in [1.29, 1.82) is 0 Å². The second kappa shape index (κ2) is 7.57. The standard InChI is InChI=1S/C17H19ClN4O3/c1-24-14-4-3-12(18)11-13(14)17(23)22-9-7-21(8-10-22)15-5-6-16(25-2)20-19-15/h3-6,11H,7-10H2,1-2H3. The first kappa shape index (κ1) is 17.3. The molecule has 2 heterocycles. The summed E-state index contributed by atoms with van der Waals surface area (Å²) in [5, 5.41) is 8.64. The number of anilines is 1. The van der Waals surface area contributed by atoms with Gasteiger partial charge in [-0.15, -0.1) is 10.2 Å². The van der Waals surface area contributed by atoms with Gasteiger partial charge in [0.15, 0.2) is 5.82 Å². The highest BCUT2D eigenvalue weighted by Gasteiger charge is 2.25. The predicted molar refractivity (Wildman–Crippen MR) is 94.7 cm³/mol. The van der Waals surface area contributed by atoms with Crippen LogP contribution in [0.1, 0.15) is 10.4 Å². The molecule has 0 N–H and O–H groups in total. The first-order valence-electron chi connectivity index (χ1n) is 7.88. The predicted octanol–water partition coefficient (Wildman–Crippen LogP) is 2.11. The molecule has 1 aliphatic rings. The highest BCUT2D eigenvalue weighted by atomic mass is 35.5. The molecule has 2 aromatic rings. The highest BCUT2D eigenvalue weighted by molar-refractivity contribution is 6.31. The van der Waals surface area contributed by atoms with E-state index in [0.29, 0.717) is 48.4 Å². The summed E-state index contributed by atoms with van der Waals surface area (Å²) in [4.78, 5) is 16.7. The lowest BCUT2D eigenvalue weighted by atomic mass is 10.1. The molecule has 1 aromatic carbocycles. The van der Waals surface area contributed by atoms with Crippen LogP contribution in [-0.4, -0.2) is 61.4 Å². The minimum absolute atomic E-state index is 0.0835. The third-order valence-electron chi connectivity index (χ3n) is 4.12. The molecule has 1 saturated heterocycles. The molecular formula is C17H19ClN4O3. The first-order valence-corrected chi connectivity index (χ1v) is 8.25. The summed E-state index contributed by atoms with van der Waals surface area (Å²) in [6, 6.07) is 8.69. The van der Waals surface area contributed by atoms with Crippen LogP contribution >= 0.6 is 11.6 Å². The van der Waals surface area contributed by atoms with Crippen molar-refractivity contribution in [1.82, 2.24) is 15.1 Å². The average Bonchev–Trinajstić information content (AvgIpc) is 2.67. The van der Waals surface area contributed by atoms with E-state index in [0.717, 1.165) is 5.82 Å². The SMILES string of the molecule is COc1ccc(N2CCN(C(=O)c3cc(Cl)ccc3OC)CC2)nn1. The number of ether oxygens (including phenoxy) is 2. The molecule has 0 spiro atoms. The number of carbonyl (C=O) groups is 1. The number of hydrogen-bond acceptors (Lipinski definition) is 6. The van der Waals surface area contributed by atoms with E-state index < -0.39 is 0 Å². The number of halogens is 1. The Labute approximate surface area is 151 Å².